The van der Waals surface area contributed by atoms with Gasteiger partial charge in [0.1, 0.15) is 12.4 Å². The summed E-state index contributed by atoms with van der Waals surface area (Å²) in [5.74, 6) is 0.300. The maximum Gasteiger partial charge on any atom is 0.333 e. The third-order valence-corrected chi connectivity index (χ3v) is 3.87. The first kappa shape index (κ1) is 17.7. The number of aliphatic hydroxyl groups excluding tert-OH is 1. The van der Waals surface area contributed by atoms with Gasteiger partial charge in [-0.1, -0.05) is 6.58 Å². The number of carbonyl (C=O) groups is 1. The van der Waals surface area contributed by atoms with Gasteiger partial charge in [-0.15, -0.1) is 0 Å². The zero-order valence-corrected chi connectivity index (χ0v) is 15.4. The van der Waals surface area contributed by atoms with Gasteiger partial charge in [-0.3, -0.25) is 0 Å². The van der Waals surface area contributed by atoms with Gasteiger partial charge in [0, 0.05) is 15.6 Å². The Balaban J connectivity index is 2.31. The number of halogens is 2. The summed E-state index contributed by atoms with van der Waals surface area (Å²) in [6, 6.07) is 5.81. The molecule has 1 atom stereocenters. The predicted molar refractivity (Wildman–Crippen MR) is 93.8 cm³/mol. The summed E-state index contributed by atoms with van der Waals surface area (Å²) in [5.41, 5.74) is 0.351. The summed E-state index contributed by atoms with van der Waals surface area (Å²) in [5, 5.41) is 9.76. The van der Waals surface area contributed by atoms with Crippen molar-refractivity contribution in [2.45, 2.75) is 19.4 Å². The van der Waals surface area contributed by atoms with E-state index in [4.69, 9.17) is 9.47 Å². The molecule has 0 aliphatic carbocycles. The second kappa shape index (κ2) is 8.83. The van der Waals surface area contributed by atoms with Gasteiger partial charge in [-0.05, 0) is 70.3 Å². The third kappa shape index (κ3) is 6.40. The molecule has 0 heterocycles. The lowest BCUT2D eigenvalue weighted by atomic mass is 10.3. The first-order valence-electron chi connectivity index (χ1n) is 5.98. The summed E-state index contributed by atoms with van der Waals surface area (Å²) >= 11 is 4.42. The smallest absolute Gasteiger partial charge is 0.333 e. The molecule has 0 saturated heterocycles. The fraction of sp³-hybridized carbons (Fsp3) is 0.357. The Morgan fingerprint density at radius 1 is 1.45 bits per heavy atom. The minimum Gasteiger partial charge on any atom is -0.490 e. The predicted octanol–water partition coefficient (Wildman–Crippen LogP) is 3.14. The number of hydrogen-bond donors (Lipinski definition) is 1. The van der Waals surface area contributed by atoms with Crippen LogP contribution in [-0.2, 0) is 9.53 Å². The van der Waals surface area contributed by atoms with Crippen LogP contribution >= 0.6 is 45.2 Å². The van der Waals surface area contributed by atoms with Crippen molar-refractivity contribution in [2.75, 3.05) is 13.2 Å². The van der Waals surface area contributed by atoms with Gasteiger partial charge in [0.05, 0.1) is 16.3 Å². The summed E-state index contributed by atoms with van der Waals surface area (Å²) in [6.45, 7) is 5.39. The molecule has 0 bridgehead atoms. The molecule has 0 aromatic heterocycles. The molecular formula is C14H16I2O4. The van der Waals surface area contributed by atoms with E-state index in [2.05, 4.69) is 51.8 Å². The van der Waals surface area contributed by atoms with E-state index in [0.29, 0.717) is 12.0 Å². The van der Waals surface area contributed by atoms with Gasteiger partial charge in [0.15, 0.2) is 0 Å². The van der Waals surface area contributed by atoms with Gasteiger partial charge in [0.25, 0.3) is 0 Å². The minimum absolute atomic E-state index is 0.153. The highest BCUT2D eigenvalue weighted by Crippen LogP contribution is 2.23. The minimum atomic E-state index is -0.678. The van der Waals surface area contributed by atoms with Crippen molar-refractivity contribution in [2.24, 2.45) is 0 Å². The molecule has 20 heavy (non-hydrogen) atoms. The maximum absolute atomic E-state index is 11.1. The van der Waals surface area contributed by atoms with Crippen LogP contribution in [0.2, 0.25) is 0 Å². The average molecular weight is 502 g/mol. The molecule has 0 spiro atoms. The first-order chi connectivity index (χ1) is 9.40. The monoisotopic (exact) mass is 502 g/mol. The Hall–Kier alpha value is -0.350. The lowest BCUT2D eigenvalue weighted by molar-refractivity contribution is -0.139. The van der Waals surface area contributed by atoms with Crippen molar-refractivity contribution in [3.05, 3.63) is 37.5 Å². The fourth-order valence-electron chi connectivity index (χ4n) is 1.27. The molecule has 1 rings (SSSR count). The Bertz CT molecular complexity index is 488. The van der Waals surface area contributed by atoms with E-state index in [-0.39, 0.29) is 13.2 Å². The Kier molecular flexibility index (Phi) is 7.82. The maximum atomic E-state index is 11.1. The zero-order chi connectivity index (χ0) is 15.1. The highest BCUT2D eigenvalue weighted by molar-refractivity contribution is 14.1. The summed E-state index contributed by atoms with van der Waals surface area (Å²) < 4.78 is 12.6. The van der Waals surface area contributed by atoms with Gasteiger partial charge in [0.2, 0.25) is 0 Å². The molecule has 1 aromatic rings. The lowest BCUT2D eigenvalue weighted by Gasteiger charge is -2.13. The van der Waals surface area contributed by atoms with Crippen LogP contribution in [0.5, 0.6) is 5.75 Å². The molecule has 110 valence electrons. The van der Waals surface area contributed by atoms with Gasteiger partial charge in [-0.2, -0.15) is 0 Å². The SMILES string of the molecule is C=C(C)C(=O)OCCC(O)COc1ccc(I)cc1I. The number of carbonyl (C=O) groups excluding carboxylic acids is 1. The van der Waals surface area contributed by atoms with Crippen LogP contribution in [0.25, 0.3) is 0 Å². The number of benzene rings is 1. The van der Waals surface area contributed by atoms with E-state index in [9.17, 15) is 9.90 Å². The van der Waals surface area contributed by atoms with Gasteiger partial charge in [-0.25, -0.2) is 4.79 Å². The Labute approximate surface area is 145 Å². The van der Waals surface area contributed by atoms with Crippen LogP contribution in [0, 0.1) is 7.14 Å². The normalized spacial score (nSPS) is 11.8. The molecule has 0 fully saturated rings. The van der Waals surface area contributed by atoms with Crippen molar-refractivity contribution in [1.82, 2.24) is 0 Å². The fourth-order valence-corrected chi connectivity index (χ4v) is 3.03. The average Bonchev–Trinajstić information content (AvgIpc) is 2.37. The first-order valence-corrected chi connectivity index (χ1v) is 8.14. The van der Waals surface area contributed by atoms with Crippen LogP contribution in [0.15, 0.2) is 30.4 Å². The molecule has 1 unspecified atom stereocenters. The van der Waals surface area contributed by atoms with Crippen molar-refractivity contribution < 1.29 is 19.4 Å². The number of esters is 1. The van der Waals surface area contributed by atoms with Crippen LogP contribution in [0.1, 0.15) is 13.3 Å². The van der Waals surface area contributed by atoms with E-state index in [1.54, 1.807) is 6.92 Å². The summed E-state index contributed by atoms with van der Waals surface area (Å²) in [4.78, 5) is 11.1. The zero-order valence-electron chi connectivity index (χ0n) is 11.1. The van der Waals surface area contributed by atoms with Crippen molar-refractivity contribution >= 4 is 51.2 Å². The van der Waals surface area contributed by atoms with E-state index in [1.165, 1.54) is 0 Å². The number of ether oxygens (including phenoxy) is 2. The van der Waals surface area contributed by atoms with Crippen molar-refractivity contribution in [3.8, 4) is 5.75 Å². The highest BCUT2D eigenvalue weighted by Gasteiger charge is 2.09. The standard InChI is InChI=1S/C14H16I2O4/c1-9(2)14(18)19-6-5-11(17)8-20-13-4-3-10(15)7-12(13)16/h3-4,7,11,17H,1,5-6,8H2,2H3. The topological polar surface area (TPSA) is 55.8 Å². The molecule has 0 aliphatic heterocycles. The molecule has 0 amide bonds. The Morgan fingerprint density at radius 2 is 2.15 bits per heavy atom. The third-order valence-electron chi connectivity index (χ3n) is 2.36. The van der Waals surface area contributed by atoms with E-state index < -0.39 is 12.1 Å². The summed E-state index contributed by atoms with van der Waals surface area (Å²) in [6.07, 6.45) is -0.344. The van der Waals surface area contributed by atoms with Crippen LogP contribution in [0.3, 0.4) is 0 Å². The molecule has 1 N–H and O–H groups in total. The Morgan fingerprint density at radius 3 is 2.75 bits per heavy atom. The largest absolute Gasteiger partial charge is 0.490 e. The molecule has 0 radical (unpaired) electrons. The lowest BCUT2D eigenvalue weighted by Crippen LogP contribution is -2.21. The van der Waals surface area contributed by atoms with Crippen LogP contribution in [-0.4, -0.2) is 30.4 Å². The highest BCUT2D eigenvalue weighted by atomic mass is 127. The molecule has 0 saturated carbocycles. The molecule has 4 nitrogen and oxygen atoms in total. The second-order valence-electron chi connectivity index (χ2n) is 4.24. The quantitative estimate of drug-likeness (QED) is 0.354. The number of hydrogen-bond acceptors (Lipinski definition) is 4. The van der Waals surface area contributed by atoms with Gasteiger partial charge < -0.3 is 14.6 Å². The van der Waals surface area contributed by atoms with E-state index in [0.717, 1.165) is 12.9 Å². The van der Waals surface area contributed by atoms with Crippen LogP contribution in [0.4, 0.5) is 0 Å². The molecule has 0 aliphatic rings. The number of rotatable bonds is 7. The van der Waals surface area contributed by atoms with Crippen LogP contribution < -0.4 is 4.74 Å². The molecular weight excluding hydrogens is 486 g/mol. The van der Waals surface area contributed by atoms with Crippen molar-refractivity contribution in [3.63, 3.8) is 0 Å². The van der Waals surface area contributed by atoms with E-state index in [1.807, 2.05) is 18.2 Å². The second-order valence-corrected chi connectivity index (χ2v) is 6.65. The van der Waals surface area contributed by atoms with Crippen molar-refractivity contribution in [1.29, 1.82) is 0 Å². The summed E-state index contributed by atoms with van der Waals surface area (Å²) in [7, 11) is 0. The van der Waals surface area contributed by atoms with E-state index >= 15 is 0 Å². The molecule has 6 heteroatoms. The number of aliphatic hydroxyl groups is 1. The van der Waals surface area contributed by atoms with Gasteiger partial charge >= 0.3 is 5.97 Å². The molecule has 1 aromatic carbocycles.